The minimum absolute atomic E-state index is 0.00155. The molecule has 0 aliphatic carbocycles. The van der Waals surface area contributed by atoms with Crippen LogP contribution in [0.15, 0.2) is 97.1 Å². The van der Waals surface area contributed by atoms with Crippen LogP contribution in [-0.4, -0.2) is 157 Å². The Hall–Kier alpha value is -13.7. The van der Waals surface area contributed by atoms with E-state index in [0.717, 1.165) is 0 Å². The second kappa shape index (κ2) is 50.6. The first kappa shape index (κ1) is 106. The summed E-state index contributed by atoms with van der Waals surface area (Å²) in [6, 6.07) is 22.7. The quantitative estimate of drug-likeness (QED) is 0.0177. The minimum Gasteiger partial charge on any atom is -0.496 e. The number of anilines is 8. The van der Waals surface area contributed by atoms with Crippen LogP contribution < -0.4 is 118 Å². The molecule has 1 aliphatic heterocycles. The van der Waals surface area contributed by atoms with E-state index in [9.17, 15) is 0 Å². The predicted molar refractivity (Wildman–Crippen MR) is 527 cm³/mol. The van der Waals surface area contributed by atoms with Gasteiger partial charge in [0.15, 0.2) is 0 Å². The molecule has 8 aromatic carbocycles. The molecule has 16 bridgehead atoms. The summed E-state index contributed by atoms with van der Waals surface area (Å²) in [6.45, 7) is 33.3. The smallest absolute Gasteiger partial charge is 0.259 e. The number of fused-ring (bicyclic) bond motifs is 16. The first-order chi connectivity index (χ1) is 65.2. The molecule has 0 fully saturated rings. The van der Waals surface area contributed by atoms with Crippen LogP contribution in [0.4, 0.5) is 45.5 Å². The number of benzene rings is 8. The second-order valence-corrected chi connectivity index (χ2v) is 34.6. The maximum Gasteiger partial charge on any atom is 0.259 e. The van der Waals surface area contributed by atoms with Gasteiger partial charge in [-0.1, -0.05) is 162 Å². The highest BCUT2D eigenvalue weighted by Crippen LogP contribution is 2.47. The van der Waals surface area contributed by atoms with Crippen LogP contribution in [0.1, 0.15) is 245 Å². The van der Waals surface area contributed by atoms with E-state index in [0.29, 0.717) is 51.4 Å². The predicted octanol–water partition coefficient (Wildman–Crippen LogP) is 21.5. The number of methoxy groups -OCH3 is 8. The van der Waals surface area contributed by atoms with E-state index >= 15 is 38.4 Å². The Labute approximate surface area is 798 Å². The van der Waals surface area contributed by atoms with E-state index < -0.39 is 47.3 Å². The fraction of sp³-hybridized carbons (Fsp3) is 0.462. The third kappa shape index (κ3) is 27.3. The average Bonchev–Trinajstić information content (AvgIpc) is 0.785. The molecule has 736 valence electrons. The monoisotopic (exact) mass is 1880 g/mol. The Morgan fingerprint density at radius 3 is 0.368 bits per heavy atom. The summed E-state index contributed by atoms with van der Waals surface area (Å²) in [5.74, 6) is -5.91. The number of carbonyl (C=O) groups excluding carboxylic acids is 8. The fourth-order valence-electron chi connectivity index (χ4n) is 13.3. The molecule has 1 aliphatic rings. The number of carbonyl (C=O) groups is 8. The Kier molecular flexibility index (Phi) is 39.4. The topological polar surface area (TPSA) is 380 Å². The zero-order chi connectivity index (χ0) is 99.3. The zero-order valence-electron chi connectivity index (χ0n) is 83.0. The molecule has 0 aromatic heterocycles. The Balaban J connectivity index is 1.32. The van der Waals surface area contributed by atoms with E-state index in [2.05, 4.69) is 42.5 Å². The highest BCUT2D eigenvalue weighted by Gasteiger charge is 2.33. The van der Waals surface area contributed by atoms with Gasteiger partial charge in [0.2, 0.25) is 0 Å². The van der Waals surface area contributed by atoms with E-state index in [1.54, 1.807) is 24.3 Å². The summed E-state index contributed by atoms with van der Waals surface area (Å²) < 4.78 is 99.8. The lowest BCUT2D eigenvalue weighted by Gasteiger charge is -2.22. The maximum atomic E-state index is 15.6. The van der Waals surface area contributed by atoms with E-state index in [1.165, 1.54) is 130 Å². The van der Waals surface area contributed by atoms with Crippen molar-refractivity contribution >= 4 is 92.8 Å². The number of hydrogen-bond donors (Lipinski definition) is 8. The molecule has 0 saturated heterocycles. The van der Waals surface area contributed by atoms with Crippen LogP contribution in [0.3, 0.4) is 0 Å². The maximum absolute atomic E-state index is 15.6. The van der Waals surface area contributed by atoms with Crippen LogP contribution in [-0.2, 0) is 0 Å². The minimum atomic E-state index is -0.830. The molecule has 0 spiro atoms. The van der Waals surface area contributed by atoms with Crippen molar-refractivity contribution in [3.05, 3.63) is 142 Å². The normalized spacial score (nSPS) is 14.4. The largest absolute Gasteiger partial charge is 0.496 e. The molecule has 8 atom stereocenters. The van der Waals surface area contributed by atoms with E-state index in [1.807, 2.05) is 111 Å². The van der Waals surface area contributed by atoms with Crippen molar-refractivity contribution in [1.29, 1.82) is 0 Å². The lowest BCUT2D eigenvalue weighted by molar-refractivity contribution is 0.100. The van der Waals surface area contributed by atoms with Crippen molar-refractivity contribution < 1.29 is 114 Å². The Morgan fingerprint density at radius 1 is 0.169 bits per heavy atom. The Bertz CT molecular complexity index is 4580. The molecule has 8 N–H and O–H groups in total. The molecule has 32 heteroatoms. The number of amides is 8. The molecule has 1 heterocycles. The first-order valence-corrected chi connectivity index (χ1v) is 46.5. The zero-order valence-corrected chi connectivity index (χ0v) is 83.0. The van der Waals surface area contributed by atoms with Crippen molar-refractivity contribution in [3.63, 3.8) is 0 Å². The van der Waals surface area contributed by atoms with Crippen molar-refractivity contribution in [1.82, 2.24) is 0 Å². The highest BCUT2D eigenvalue weighted by atomic mass is 16.5. The lowest BCUT2D eigenvalue weighted by Crippen LogP contribution is -2.21. The van der Waals surface area contributed by atoms with Crippen LogP contribution in [0.2, 0.25) is 0 Å². The van der Waals surface area contributed by atoms with Gasteiger partial charge in [0, 0.05) is 48.5 Å². The first-order valence-electron chi connectivity index (χ1n) is 46.5. The van der Waals surface area contributed by atoms with Gasteiger partial charge < -0.3 is 118 Å². The van der Waals surface area contributed by atoms with Crippen molar-refractivity contribution in [2.24, 2.45) is 47.3 Å². The van der Waals surface area contributed by atoms with Crippen molar-refractivity contribution in [2.75, 3.05) is 152 Å². The molecule has 8 aromatic rings. The van der Waals surface area contributed by atoms with Crippen LogP contribution in [0, 0.1) is 47.3 Å². The van der Waals surface area contributed by atoms with Gasteiger partial charge in [-0.05, 0) is 95.9 Å². The summed E-state index contributed by atoms with van der Waals surface area (Å²) >= 11 is 0. The molecule has 32 nitrogen and oxygen atoms in total. The number of ether oxygens (including phenoxy) is 16. The third-order valence-corrected chi connectivity index (χ3v) is 24.1. The summed E-state index contributed by atoms with van der Waals surface area (Å²) in [5.41, 5.74) is -1.27. The van der Waals surface area contributed by atoms with E-state index in [-0.39, 0.29) is 282 Å². The molecular formula is C104H136N8O24. The van der Waals surface area contributed by atoms with Gasteiger partial charge in [-0.25, -0.2) is 0 Å². The average molecular weight is 1880 g/mol. The molecule has 9 rings (SSSR count). The van der Waals surface area contributed by atoms with Gasteiger partial charge in [-0.3, -0.25) is 38.4 Å². The lowest BCUT2D eigenvalue weighted by atomic mass is 10.0. The molecule has 8 amide bonds. The van der Waals surface area contributed by atoms with Gasteiger partial charge in [0.1, 0.15) is 92.0 Å². The van der Waals surface area contributed by atoms with Crippen molar-refractivity contribution in [2.45, 2.75) is 162 Å². The summed E-state index contributed by atoms with van der Waals surface area (Å²) in [4.78, 5) is 124. The fourth-order valence-corrected chi connectivity index (χ4v) is 13.3. The van der Waals surface area contributed by atoms with Crippen LogP contribution in [0.25, 0.3) is 0 Å². The molecule has 0 saturated carbocycles. The Morgan fingerprint density at radius 2 is 0.272 bits per heavy atom. The van der Waals surface area contributed by atoms with Gasteiger partial charge in [-0.2, -0.15) is 0 Å². The summed E-state index contributed by atoms with van der Waals surface area (Å²) in [5, 5.41) is 23.9. The van der Waals surface area contributed by atoms with E-state index in [4.69, 9.17) is 75.8 Å². The number of rotatable bonds is 40. The SMILES string of the molecule is CC[C@@H](C)COc1cc(OC[C@H](C)CC)c2cc1NC(=O)c1cc(c(OC)cc1OC)C(=O)Nc1cc(c(OC[C@H](C)CC)cc1OC[C@H](C)CC)NC(=O)c1cc(c(OC)cc1OC)C(=O)Nc1cc(c(OC[C@H](C)CC)cc1OC[C@H](C)CC)NC(=O)c1cc(c(OC)cc1OC)C(=O)Nc1cc(c(OC[C@H](C)CC)cc1OC[C@H](C)CC)NC(=O)c1cc(c(OC)cc1OC)C(=O)N2. The highest BCUT2D eigenvalue weighted by molar-refractivity contribution is 6.18. The summed E-state index contributed by atoms with van der Waals surface area (Å²) in [7, 11) is 10.7. The third-order valence-electron chi connectivity index (χ3n) is 24.1. The second-order valence-electron chi connectivity index (χ2n) is 34.6. The molecule has 136 heavy (non-hydrogen) atoms. The molecule has 0 radical (unpaired) electrons. The number of hydrogen-bond acceptors (Lipinski definition) is 24. The van der Waals surface area contributed by atoms with Crippen molar-refractivity contribution in [3.8, 4) is 92.0 Å². The van der Waals surface area contributed by atoms with Gasteiger partial charge in [-0.15, -0.1) is 0 Å². The van der Waals surface area contributed by atoms with Crippen LogP contribution >= 0.6 is 0 Å². The standard InChI is InChI=1S/C104H136N8O24/c1-25-57(9)49-129-89-45-90(130-50-58(10)26-2)74-37-73(89)105-97(113)65-33-66(82(122-18)41-81(65)121-17)99(115)107-75-38-76(92(132-52-60(12)28-4)46-91(75)131-51-59(11)27-3)109-101(117)69-35-70(86(126-22)43-85(69)125-21)103(119)111-79-40-80(96(136-56-64(16)32-8)48-95(79)135-55-63(15)31-7)112-104(120)72-36-71(87(127-23)44-88(72)128-24)102(118)110-78-39-77(93(133-53-61(13)29-5)47-94(78)134-54-62(14)30-6)108-100(116)68-34-67(98(114)106-74)83(123-19)42-84(68)124-20/h33-48,57-64H,25-32,49-56H2,1-24H3,(H,105,113)(H,106,114)(H,107,115)(H,108,116)(H,109,117)(H,110,118)(H,111,119)(H,112,120)/t57-,58-,59-,60-,61-,62-,63-,64-/m1/s1. The summed E-state index contributed by atoms with van der Waals surface area (Å²) in [6.07, 6.45) is 5.71. The van der Waals surface area contributed by atoms with Gasteiger partial charge in [0.05, 0.1) is 200 Å². The number of nitrogens with one attached hydrogen (secondary N) is 8. The van der Waals surface area contributed by atoms with Gasteiger partial charge in [0.25, 0.3) is 47.3 Å². The van der Waals surface area contributed by atoms with Crippen LogP contribution in [0.5, 0.6) is 92.0 Å². The molecule has 0 unspecified atom stereocenters. The molecular weight excluding hydrogens is 1750 g/mol. The van der Waals surface area contributed by atoms with Gasteiger partial charge >= 0.3 is 0 Å².